The summed E-state index contributed by atoms with van der Waals surface area (Å²) in [5, 5.41) is 10.3. The van der Waals surface area contributed by atoms with Gasteiger partial charge in [-0.1, -0.05) is 12.8 Å². The average molecular weight is 282 g/mol. The van der Waals surface area contributed by atoms with Crippen LogP contribution in [0.25, 0.3) is 0 Å². The van der Waals surface area contributed by atoms with Crippen LogP contribution in [0.1, 0.15) is 45.4 Å². The Kier molecular flexibility index (Phi) is 4.21. The van der Waals surface area contributed by atoms with E-state index in [1.807, 2.05) is 19.0 Å². The lowest BCUT2D eigenvalue weighted by Gasteiger charge is -2.40. The monoisotopic (exact) mass is 282 g/mol. The molecule has 2 fully saturated rings. The number of aliphatic hydroxyl groups is 1. The topological polar surface area (TPSA) is 60.9 Å². The minimum atomic E-state index is -1.06. The van der Waals surface area contributed by atoms with Crippen molar-refractivity contribution in [2.24, 2.45) is 5.41 Å². The number of hydrogen-bond acceptors (Lipinski definition) is 4. The molecule has 5 nitrogen and oxygen atoms in total. The first-order valence-electron chi connectivity index (χ1n) is 7.43. The van der Waals surface area contributed by atoms with Gasteiger partial charge in [0.05, 0.1) is 12.1 Å². The molecule has 0 aromatic rings. The summed E-state index contributed by atoms with van der Waals surface area (Å²) in [4.78, 5) is 27.7. The van der Waals surface area contributed by atoms with E-state index in [1.54, 1.807) is 6.92 Å². The second kappa shape index (κ2) is 5.45. The number of imide groups is 1. The van der Waals surface area contributed by atoms with Crippen LogP contribution in [0.5, 0.6) is 0 Å². The van der Waals surface area contributed by atoms with Crippen molar-refractivity contribution in [3.8, 4) is 0 Å². The molecule has 1 aliphatic carbocycles. The Bertz CT molecular complexity index is 378. The fourth-order valence-electron chi connectivity index (χ4n) is 3.76. The van der Waals surface area contributed by atoms with Crippen molar-refractivity contribution in [3.05, 3.63) is 0 Å². The molecule has 2 rings (SSSR count). The van der Waals surface area contributed by atoms with Crippen LogP contribution in [0.15, 0.2) is 0 Å². The molecular formula is C15H26N2O3. The number of β-amino-alcohol motifs (C(OH)–C–C–N with tert-alkyl or cyclic N) is 1. The van der Waals surface area contributed by atoms with E-state index >= 15 is 0 Å². The van der Waals surface area contributed by atoms with Gasteiger partial charge in [-0.2, -0.15) is 0 Å². The molecule has 1 saturated heterocycles. The lowest BCUT2D eigenvalue weighted by Crippen LogP contribution is -2.55. The number of likely N-dealkylation sites (N-methyl/N-ethyl adjacent to an activating group) is 1. The normalized spacial score (nSPS) is 25.6. The van der Waals surface area contributed by atoms with E-state index in [1.165, 1.54) is 4.90 Å². The second-order valence-electron chi connectivity index (χ2n) is 7.17. The molecule has 1 unspecified atom stereocenters. The van der Waals surface area contributed by atoms with E-state index in [0.29, 0.717) is 19.4 Å². The van der Waals surface area contributed by atoms with E-state index in [0.717, 1.165) is 25.7 Å². The molecule has 1 heterocycles. The molecule has 0 aromatic carbocycles. The van der Waals surface area contributed by atoms with Gasteiger partial charge in [0.1, 0.15) is 0 Å². The summed E-state index contributed by atoms with van der Waals surface area (Å²) in [6.45, 7) is 2.20. The molecule has 0 radical (unpaired) electrons. The Morgan fingerprint density at radius 3 is 2.15 bits per heavy atom. The van der Waals surface area contributed by atoms with Crippen LogP contribution in [0, 0.1) is 5.41 Å². The van der Waals surface area contributed by atoms with Gasteiger partial charge in [0.25, 0.3) is 0 Å². The molecule has 0 bridgehead atoms. The molecule has 1 saturated carbocycles. The van der Waals surface area contributed by atoms with Crippen molar-refractivity contribution in [2.45, 2.75) is 51.0 Å². The third-order valence-corrected chi connectivity index (χ3v) is 4.47. The van der Waals surface area contributed by atoms with Gasteiger partial charge in [-0.15, -0.1) is 0 Å². The minimum Gasteiger partial charge on any atom is -0.387 e. The smallest absolute Gasteiger partial charge is 0.229 e. The van der Waals surface area contributed by atoms with Gasteiger partial charge in [-0.3, -0.25) is 14.5 Å². The number of carbonyl (C=O) groups excluding carboxylic acids is 2. The van der Waals surface area contributed by atoms with Crippen molar-refractivity contribution < 1.29 is 14.7 Å². The number of rotatable bonds is 4. The Morgan fingerprint density at radius 1 is 1.20 bits per heavy atom. The van der Waals surface area contributed by atoms with Crippen LogP contribution < -0.4 is 0 Å². The summed E-state index contributed by atoms with van der Waals surface area (Å²) in [6.07, 6.45) is 5.17. The molecule has 1 atom stereocenters. The van der Waals surface area contributed by atoms with Crippen LogP contribution in [0.3, 0.4) is 0 Å². The number of carbonyl (C=O) groups is 2. The maximum absolute atomic E-state index is 12.3. The average Bonchev–Trinajstić information content (AvgIpc) is 2.70. The first-order chi connectivity index (χ1) is 9.23. The van der Waals surface area contributed by atoms with E-state index in [2.05, 4.69) is 0 Å². The van der Waals surface area contributed by atoms with E-state index in [4.69, 9.17) is 0 Å². The van der Waals surface area contributed by atoms with E-state index < -0.39 is 5.60 Å². The zero-order valence-corrected chi connectivity index (χ0v) is 12.8. The number of likely N-dealkylation sites (tertiary alicyclic amines) is 1. The Labute approximate surface area is 120 Å². The zero-order chi connectivity index (χ0) is 15.0. The molecule has 2 amide bonds. The third kappa shape index (κ3) is 3.38. The van der Waals surface area contributed by atoms with Crippen molar-refractivity contribution >= 4 is 11.8 Å². The molecule has 1 aliphatic heterocycles. The molecule has 5 heteroatoms. The fourth-order valence-corrected chi connectivity index (χ4v) is 3.76. The second-order valence-corrected chi connectivity index (χ2v) is 7.17. The molecule has 1 spiro atoms. The third-order valence-electron chi connectivity index (χ3n) is 4.47. The lowest BCUT2D eigenvalue weighted by atomic mass is 9.76. The van der Waals surface area contributed by atoms with Crippen molar-refractivity contribution in [1.29, 1.82) is 0 Å². The molecule has 1 N–H and O–H groups in total. The summed E-state index contributed by atoms with van der Waals surface area (Å²) in [7, 11) is 3.73. The van der Waals surface area contributed by atoms with Crippen LogP contribution >= 0.6 is 0 Å². The zero-order valence-electron chi connectivity index (χ0n) is 12.8. The maximum atomic E-state index is 12.3. The Morgan fingerprint density at radius 2 is 1.70 bits per heavy atom. The Balaban J connectivity index is 2.03. The van der Waals surface area contributed by atoms with Gasteiger partial charge in [-0.05, 0) is 39.3 Å². The number of nitrogens with zero attached hydrogens (tertiary/aromatic N) is 2. The summed E-state index contributed by atoms with van der Waals surface area (Å²) >= 11 is 0. The Hall–Kier alpha value is -0.940. The molecular weight excluding hydrogens is 256 g/mol. The molecule has 20 heavy (non-hydrogen) atoms. The van der Waals surface area contributed by atoms with Gasteiger partial charge in [0, 0.05) is 19.4 Å². The largest absolute Gasteiger partial charge is 0.387 e. The highest BCUT2D eigenvalue weighted by molar-refractivity contribution is 5.98. The molecule has 0 aromatic heterocycles. The lowest BCUT2D eigenvalue weighted by molar-refractivity contribution is -0.157. The van der Waals surface area contributed by atoms with E-state index in [-0.39, 0.29) is 23.8 Å². The van der Waals surface area contributed by atoms with Gasteiger partial charge >= 0.3 is 0 Å². The van der Waals surface area contributed by atoms with Crippen molar-refractivity contribution in [2.75, 3.05) is 27.2 Å². The van der Waals surface area contributed by atoms with Crippen LogP contribution in [-0.4, -0.2) is 59.5 Å². The SMILES string of the molecule is CN(C)CC(C)(O)CN1C(=O)CC2(CCCC2)CC1=O. The van der Waals surface area contributed by atoms with Crippen LogP contribution in [0.2, 0.25) is 0 Å². The maximum Gasteiger partial charge on any atom is 0.229 e. The minimum absolute atomic E-state index is 0.0714. The van der Waals surface area contributed by atoms with Gasteiger partial charge < -0.3 is 10.0 Å². The van der Waals surface area contributed by atoms with Gasteiger partial charge in [-0.25, -0.2) is 0 Å². The highest BCUT2D eigenvalue weighted by atomic mass is 16.3. The van der Waals surface area contributed by atoms with Gasteiger partial charge in [0.2, 0.25) is 11.8 Å². The summed E-state index contributed by atoms with van der Waals surface area (Å²) in [5.74, 6) is -0.218. The summed E-state index contributed by atoms with van der Waals surface area (Å²) in [6, 6.07) is 0. The number of hydrogen-bond donors (Lipinski definition) is 1. The van der Waals surface area contributed by atoms with Crippen LogP contribution in [-0.2, 0) is 9.59 Å². The predicted molar refractivity (Wildman–Crippen MR) is 76.0 cm³/mol. The number of piperidine rings is 1. The molecule has 114 valence electrons. The first kappa shape index (κ1) is 15.4. The van der Waals surface area contributed by atoms with E-state index in [9.17, 15) is 14.7 Å². The standard InChI is InChI=1S/C15H26N2O3/c1-14(20,10-16(2)3)11-17-12(18)8-15(9-13(17)19)6-4-5-7-15/h20H,4-11H2,1-3H3. The van der Waals surface area contributed by atoms with Crippen molar-refractivity contribution in [3.63, 3.8) is 0 Å². The van der Waals surface area contributed by atoms with Crippen molar-refractivity contribution in [1.82, 2.24) is 9.80 Å². The summed E-state index contributed by atoms with van der Waals surface area (Å²) in [5.41, 5.74) is -1.13. The highest BCUT2D eigenvalue weighted by Gasteiger charge is 2.46. The van der Waals surface area contributed by atoms with Gasteiger partial charge in [0.15, 0.2) is 0 Å². The first-order valence-corrected chi connectivity index (χ1v) is 7.43. The van der Waals surface area contributed by atoms with Crippen LogP contribution in [0.4, 0.5) is 0 Å². The number of amides is 2. The fraction of sp³-hybridized carbons (Fsp3) is 0.867. The predicted octanol–water partition coefficient (Wildman–Crippen LogP) is 1.01. The summed E-state index contributed by atoms with van der Waals surface area (Å²) < 4.78 is 0. The quantitative estimate of drug-likeness (QED) is 0.782. The molecule has 2 aliphatic rings. The highest BCUT2D eigenvalue weighted by Crippen LogP contribution is 2.47.